The van der Waals surface area contributed by atoms with E-state index >= 15 is 0 Å². The highest BCUT2D eigenvalue weighted by molar-refractivity contribution is 5.76. The van der Waals surface area contributed by atoms with Crippen molar-refractivity contribution in [2.45, 2.75) is 53.4 Å². The van der Waals surface area contributed by atoms with E-state index in [-0.39, 0.29) is 11.3 Å². The lowest BCUT2D eigenvalue weighted by molar-refractivity contribution is -0.122. The number of carbonyl (C=O) groups excluding carboxylic acids is 1. The third-order valence-electron chi connectivity index (χ3n) is 4.24. The van der Waals surface area contributed by atoms with Gasteiger partial charge in [0.05, 0.1) is 0 Å². The molecule has 0 radical (unpaired) electrons. The summed E-state index contributed by atoms with van der Waals surface area (Å²) >= 11 is 0. The summed E-state index contributed by atoms with van der Waals surface area (Å²) in [7, 11) is 0. The maximum atomic E-state index is 11.8. The Morgan fingerprint density at radius 1 is 1.44 bits per heavy atom. The van der Waals surface area contributed by atoms with Crippen molar-refractivity contribution in [3.05, 3.63) is 0 Å². The van der Waals surface area contributed by atoms with Gasteiger partial charge in [-0.2, -0.15) is 0 Å². The van der Waals surface area contributed by atoms with Gasteiger partial charge in [-0.1, -0.05) is 27.7 Å². The van der Waals surface area contributed by atoms with Crippen LogP contribution < -0.4 is 10.6 Å². The van der Waals surface area contributed by atoms with Gasteiger partial charge in [0.15, 0.2) is 0 Å². The summed E-state index contributed by atoms with van der Waals surface area (Å²) in [4.78, 5) is 11.8. The zero-order valence-electron chi connectivity index (χ0n) is 12.5. The molecule has 1 rings (SSSR count). The molecule has 2 N–H and O–H groups in total. The van der Waals surface area contributed by atoms with Gasteiger partial charge in [0.1, 0.15) is 0 Å². The fraction of sp³-hybridized carbons (Fsp3) is 0.933. The Morgan fingerprint density at radius 3 is 2.72 bits per heavy atom. The molecule has 1 aliphatic heterocycles. The zero-order valence-corrected chi connectivity index (χ0v) is 12.5. The maximum Gasteiger partial charge on any atom is 0.220 e. The minimum absolute atomic E-state index is 0.209. The Morgan fingerprint density at radius 2 is 2.17 bits per heavy atom. The van der Waals surface area contributed by atoms with E-state index in [1.807, 2.05) is 0 Å². The summed E-state index contributed by atoms with van der Waals surface area (Å²) in [5, 5.41) is 6.48. The first-order chi connectivity index (χ1) is 8.39. The Bertz CT molecular complexity index is 252. The largest absolute Gasteiger partial charge is 0.356 e. The average Bonchev–Trinajstić information content (AvgIpc) is 2.29. The van der Waals surface area contributed by atoms with Gasteiger partial charge in [0, 0.05) is 13.0 Å². The van der Waals surface area contributed by atoms with E-state index in [4.69, 9.17) is 0 Å². The molecule has 1 amide bonds. The van der Waals surface area contributed by atoms with Crippen LogP contribution in [0.1, 0.15) is 53.4 Å². The topological polar surface area (TPSA) is 41.1 Å². The van der Waals surface area contributed by atoms with Crippen LogP contribution in [0, 0.1) is 17.3 Å². The van der Waals surface area contributed by atoms with E-state index in [9.17, 15) is 4.79 Å². The van der Waals surface area contributed by atoms with Crippen LogP contribution in [0.5, 0.6) is 0 Å². The molecule has 1 saturated heterocycles. The molecule has 106 valence electrons. The summed E-state index contributed by atoms with van der Waals surface area (Å²) in [5.74, 6) is 1.38. The van der Waals surface area contributed by atoms with Crippen molar-refractivity contribution in [3.8, 4) is 0 Å². The van der Waals surface area contributed by atoms with E-state index in [1.165, 1.54) is 12.8 Å². The molecular weight excluding hydrogens is 224 g/mol. The van der Waals surface area contributed by atoms with Crippen molar-refractivity contribution >= 4 is 5.91 Å². The number of hydrogen-bond acceptors (Lipinski definition) is 2. The molecule has 0 aromatic rings. The Balaban J connectivity index is 2.13. The van der Waals surface area contributed by atoms with Gasteiger partial charge in [-0.3, -0.25) is 4.79 Å². The molecule has 3 heteroatoms. The van der Waals surface area contributed by atoms with Crippen LogP contribution >= 0.6 is 0 Å². The fourth-order valence-corrected chi connectivity index (χ4v) is 2.24. The van der Waals surface area contributed by atoms with Crippen molar-refractivity contribution in [1.82, 2.24) is 10.6 Å². The van der Waals surface area contributed by atoms with Crippen molar-refractivity contribution in [3.63, 3.8) is 0 Å². The first-order valence-electron chi connectivity index (χ1n) is 7.37. The molecule has 18 heavy (non-hydrogen) atoms. The molecule has 2 unspecified atom stereocenters. The van der Waals surface area contributed by atoms with Gasteiger partial charge in [-0.05, 0) is 49.6 Å². The van der Waals surface area contributed by atoms with Crippen LogP contribution in [0.3, 0.4) is 0 Å². The summed E-state index contributed by atoms with van der Waals surface area (Å²) in [5.41, 5.74) is 0.213. The number of nitrogens with one attached hydrogen (secondary N) is 2. The van der Waals surface area contributed by atoms with Crippen molar-refractivity contribution in [1.29, 1.82) is 0 Å². The number of piperidine rings is 1. The number of hydrogen-bond donors (Lipinski definition) is 2. The predicted octanol–water partition coefficient (Wildman–Crippen LogP) is 2.56. The molecule has 1 fully saturated rings. The minimum Gasteiger partial charge on any atom is -0.356 e. The summed E-state index contributed by atoms with van der Waals surface area (Å²) < 4.78 is 0. The third-order valence-corrected chi connectivity index (χ3v) is 4.24. The molecular formula is C15H30N2O. The van der Waals surface area contributed by atoms with E-state index in [2.05, 4.69) is 38.3 Å². The van der Waals surface area contributed by atoms with E-state index in [0.717, 1.165) is 32.0 Å². The Hall–Kier alpha value is -0.570. The van der Waals surface area contributed by atoms with Crippen molar-refractivity contribution in [2.24, 2.45) is 17.3 Å². The molecule has 2 atom stereocenters. The lowest BCUT2D eigenvalue weighted by Crippen LogP contribution is -2.34. The quantitative estimate of drug-likeness (QED) is 0.791. The smallest absolute Gasteiger partial charge is 0.220 e. The number of amides is 1. The lowest BCUT2D eigenvalue weighted by Gasteiger charge is -2.27. The molecule has 3 nitrogen and oxygen atoms in total. The van der Waals surface area contributed by atoms with Crippen LogP contribution in [0.2, 0.25) is 0 Å². The van der Waals surface area contributed by atoms with Crippen LogP contribution in [-0.4, -0.2) is 25.5 Å². The molecule has 0 saturated carbocycles. The first-order valence-corrected chi connectivity index (χ1v) is 7.37. The van der Waals surface area contributed by atoms with Gasteiger partial charge >= 0.3 is 0 Å². The van der Waals surface area contributed by atoms with Crippen LogP contribution in [-0.2, 0) is 4.79 Å². The van der Waals surface area contributed by atoms with E-state index in [1.54, 1.807) is 0 Å². The second-order valence-electron chi connectivity index (χ2n) is 6.82. The van der Waals surface area contributed by atoms with Crippen molar-refractivity contribution in [2.75, 3.05) is 19.6 Å². The van der Waals surface area contributed by atoms with Crippen LogP contribution in [0.25, 0.3) is 0 Å². The molecule has 0 spiro atoms. The monoisotopic (exact) mass is 254 g/mol. The molecule has 0 aromatic carbocycles. The average molecular weight is 254 g/mol. The summed E-state index contributed by atoms with van der Waals surface area (Å²) in [6, 6.07) is 0. The highest BCUT2D eigenvalue weighted by atomic mass is 16.1. The Labute approximate surface area is 112 Å². The first kappa shape index (κ1) is 15.5. The highest BCUT2D eigenvalue weighted by Crippen LogP contribution is 2.27. The second kappa shape index (κ2) is 7.13. The number of carbonyl (C=O) groups is 1. The second-order valence-corrected chi connectivity index (χ2v) is 6.82. The van der Waals surface area contributed by atoms with Gasteiger partial charge < -0.3 is 10.6 Å². The molecule has 0 aromatic heterocycles. The SMILES string of the molecule is CC(CC(=O)NCCC1CCCNC1)C(C)(C)C. The van der Waals surface area contributed by atoms with Gasteiger partial charge in [-0.25, -0.2) is 0 Å². The normalized spacial score (nSPS) is 22.6. The third kappa shape index (κ3) is 5.85. The summed E-state index contributed by atoms with van der Waals surface area (Å²) in [6.45, 7) is 11.9. The van der Waals surface area contributed by atoms with Gasteiger partial charge in [0.25, 0.3) is 0 Å². The van der Waals surface area contributed by atoms with E-state index < -0.39 is 0 Å². The number of rotatable bonds is 5. The van der Waals surface area contributed by atoms with Crippen LogP contribution in [0.15, 0.2) is 0 Å². The molecule has 0 bridgehead atoms. The lowest BCUT2D eigenvalue weighted by atomic mass is 9.80. The van der Waals surface area contributed by atoms with Gasteiger partial charge in [0.2, 0.25) is 5.91 Å². The maximum absolute atomic E-state index is 11.8. The molecule has 0 aliphatic carbocycles. The fourth-order valence-electron chi connectivity index (χ4n) is 2.24. The van der Waals surface area contributed by atoms with Crippen LogP contribution in [0.4, 0.5) is 0 Å². The zero-order chi connectivity index (χ0) is 13.6. The molecule has 1 heterocycles. The Kier molecular flexibility index (Phi) is 6.13. The minimum atomic E-state index is 0.209. The van der Waals surface area contributed by atoms with Gasteiger partial charge in [-0.15, -0.1) is 0 Å². The predicted molar refractivity (Wildman–Crippen MR) is 76.5 cm³/mol. The van der Waals surface area contributed by atoms with E-state index in [0.29, 0.717) is 12.3 Å². The van der Waals surface area contributed by atoms with Crippen molar-refractivity contribution < 1.29 is 4.79 Å². The highest BCUT2D eigenvalue weighted by Gasteiger charge is 2.22. The summed E-state index contributed by atoms with van der Waals surface area (Å²) in [6.07, 6.45) is 4.34. The standard InChI is InChI=1S/C15H30N2O/c1-12(15(2,3)4)10-14(18)17-9-7-13-6-5-8-16-11-13/h12-13,16H,5-11H2,1-4H3,(H,17,18). The molecule has 1 aliphatic rings.